The Morgan fingerprint density at radius 1 is 1.05 bits per heavy atom. The van der Waals surface area contributed by atoms with E-state index in [1.807, 2.05) is 0 Å². The van der Waals surface area contributed by atoms with Gasteiger partial charge >= 0.3 is 5.97 Å². The molecule has 2 aromatic carbocycles. The first-order valence-corrected chi connectivity index (χ1v) is 6.04. The fraction of sp³-hybridized carbons (Fsp3) is 0.0625. The standard InChI is InChI=1S/C16H14O4/c1-2-11-19-14-7-9-15(10-8-14)20-16(18)12-3-5-13(17)6-4-12/h2-10,17H,1,11H2. The number of rotatable bonds is 5. The molecule has 0 radical (unpaired) electrons. The summed E-state index contributed by atoms with van der Waals surface area (Å²) in [5, 5.41) is 9.16. The third kappa shape index (κ3) is 3.62. The molecule has 4 heteroatoms. The van der Waals surface area contributed by atoms with Crippen molar-refractivity contribution in [3.05, 3.63) is 66.7 Å². The van der Waals surface area contributed by atoms with Crippen LogP contribution in [0.1, 0.15) is 10.4 Å². The molecule has 0 fully saturated rings. The van der Waals surface area contributed by atoms with Gasteiger partial charge in [0.15, 0.2) is 0 Å². The highest BCUT2D eigenvalue weighted by molar-refractivity contribution is 5.91. The lowest BCUT2D eigenvalue weighted by molar-refractivity contribution is 0.0734. The molecule has 4 nitrogen and oxygen atoms in total. The summed E-state index contributed by atoms with van der Waals surface area (Å²) >= 11 is 0. The number of aromatic hydroxyl groups is 1. The summed E-state index contributed by atoms with van der Waals surface area (Å²) in [6.07, 6.45) is 1.65. The van der Waals surface area contributed by atoms with Gasteiger partial charge in [0.1, 0.15) is 23.9 Å². The quantitative estimate of drug-likeness (QED) is 0.515. The largest absolute Gasteiger partial charge is 0.508 e. The molecule has 1 N–H and O–H groups in total. The first-order chi connectivity index (χ1) is 9.69. The average Bonchev–Trinajstić information content (AvgIpc) is 2.47. The lowest BCUT2D eigenvalue weighted by atomic mass is 10.2. The normalized spacial score (nSPS) is 9.80. The van der Waals surface area contributed by atoms with Gasteiger partial charge in [-0.3, -0.25) is 0 Å². The lowest BCUT2D eigenvalue weighted by Gasteiger charge is -2.06. The van der Waals surface area contributed by atoms with Crippen molar-refractivity contribution in [2.45, 2.75) is 0 Å². The summed E-state index contributed by atoms with van der Waals surface area (Å²) in [6.45, 7) is 3.98. The second kappa shape index (κ2) is 6.43. The molecule has 0 saturated heterocycles. The summed E-state index contributed by atoms with van der Waals surface area (Å²) in [5.74, 6) is 0.721. The van der Waals surface area contributed by atoms with Crippen molar-refractivity contribution in [3.63, 3.8) is 0 Å². The Labute approximate surface area is 116 Å². The van der Waals surface area contributed by atoms with Crippen LogP contribution >= 0.6 is 0 Å². The molecule has 0 aliphatic rings. The number of carbonyl (C=O) groups excluding carboxylic acids is 1. The Hall–Kier alpha value is -2.75. The zero-order valence-electron chi connectivity index (χ0n) is 10.8. The van der Waals surface area contributed by atoms with Crippen molar-refractivity contribution >= 4 is 5.97 Å². The van der Waals surface area contributed by atoms with E-state index in [4.69, 9.17) is 14.6 Å². The molecule has 0 amide bonds. The predicted octanol–water partition coefficient (Wildman–Crippen LogP) is 3.18. The zero-order chi connectivity index (χ0) is 14.4. The van der Waals surface area contributed by atoms with Gasteiger partial charge in [-0.2, -0.15) is 0 Å². The average molecular weight is 270 g/mol. The summed E-state index contributed by atoms with van der Waals surface area (Å²) in [6, 6.07) is 12.6. The van der Waals surface area contributed by atoms with Crippen molar-refractivity contribution in [1.82, 2.24) is 0 Å². The van der Waals surface area contributed by atoms with Crippen LogP contribution in [0.25, 0.3) is 0 Å². The molecule has 0 aliphatic carbocycles. The van der Waals surface area contributed by atoms with Crippen LogP contribution in [0.5, 0.6) is 17.2 Å². The highest BCUT2D eigenvalue weighted by Gasteiger charge is 2.08. The molecule has 0 aliphatic heterocycles. The molecule has 102 valence electrons. The predicted molar refractivity (Wildman–Crippen MR) is 75.2 cm³/mol. The fourth-order valence-corrected chi connectivity index (χ4v) is 1.52. The Balaban J connectivity index is 2.00. The van der Waals surface area contributed by atoms with Crippen molar-refractivity contribution in [2.75, 3.05) is 6.61 Å². The molecular formula is C16H14O4. The minimum absolute atomic E-state index is 0.102. The second-order valence-corrected chi connectivity index (χ2v) is 4.01. The Morgan fingerprint density at radius 3 is 2.25 bits per heavy atom. The summed E-state index contributed by atoms with van der Waals surface area (Å²) < 4.78 is 10.5. The van der Waals surface area contributed by atoms with Gasteiger partial charge in [0.05, 0.1) is 5.56 Å². The first-order valence-electron chi connectivity index (χ1n) is 6.04. The monoisotopic (exact) mass is 270 g/mol. The van der Waals surface area contributed by atoms with Crippen LogP contribution in [0, 0.1) is 0 Å². The molecule has 2 aromatic rings. The maximum absolute atomic E-state index is 11.8. The number of phenolic OH excluding ortho intramolecular Hbond substituents is 1. The molecule has 0 spiro atoms. The number of carbonyl (C=O) groups is 1. The molecule has 20 heavy (non-hydrogen) atoms. The Morgan fingerprint density at radius 2 is 1.65 bits per heavy atom. The lowest BCUT2D eigenvalue weighted by Crippen LogP contribution is -2.08. The van der Waals surface area contributed by atoms with Crippen LogP contribution in [-0.4, -0.2) is 17.7 Å². The minimum Gasteiger partial charge on any atom is -0.508 e. The van der Waals surface area contributed by atoms with Crippen LogP contribution in [-0.2, 0) is 0 Å². The maximum Gasteiger partial charge on any atom is 0.343 e. The number of hydrogen-bond donors (Lipinski definition) is 1. The van der Waals surface area contributed by atoms with E-state index in [1.54, 1.807) is 30.3 Å². The van der Waals surface area contributed by atoms with Gasteiger partial charge in [0.2, 0.25) is 0 Å². The van der Waals surface area contributed by atoms with Crippen LogP contribution in [0.3, 0.4) is 0 Å². The van der Waals surface area contributed by atoms with Crippen LogP contribution in [0.2, 0.25) is 0 Å². The number of benzene rings is 2. The molecule has 0 atom stereocenters. The molecule has 2 rings (SSSR count). The second-order valence-electron chi connectivity index (χ2n) is 4.01. The Bertz CT molecular complexity index is 585. The van der Waals surface area contributed by atoms with Gasteiger partial charge in [-0.15, -0.1) is 0 Å². The maximum atomic E-state index is 11.8. The van der Waals surface area contributed by atoms with E-state index in [-0.39, 0.29) is 5.75 Å². The smallest absolute Gasteiger partial charge is 0.343 e. The van der Waals surface area contributed by atoms with Crippen molar-refractivity contribution in [1.29, 1.82) is 0 Å². The van der Waals surface area contributed by atoms with E-state index < -0.39 is 5.97 Å². The number of esters is 1. The third-order valence-electron chi connectivity index (χ3n) is 2.51. The summed E-state index contributed by atoms with van der Waals surface area (Å²) in [4.78, 5) is 11.8. The number of hydrogen-bond acceptors (Lipinski definition) is 4. The molecule has 0 unspecified atom stereocenters. The van der Waals surface area contributed by atoms with E-state index in [2.05, 4.69) is 6.58 Å². The first kappa shape index (κ1) is 13.7. The fourth-order valence-electron chi connectivity index (χ4n) is 1.52. The van der Waals surface area contributed by atoms with Gasteiger partial charge in [-0.1, -0.05) is 12.7 Å². The van der Waals surface area contributed by atoms with Crippen LogP contribution in [0.4, 0.5) is 0 Å². The van der Waals surface area contributed by atoms with Gasteiger partial charge in [-0.05, 0) is 48.5 Å². The highest BCUT2D eigenvalue weighted by Crippen LogP contribution is 2.19. The van der Waals surface area contributed by atoms with Gasteiger partial charge < -0.3 is 14.6 Å². The third-order valence-corrected chi connectivity index (χ3v) is 2.51. The SMILES string of the molecule is C=CCOc1ccc(OC(=O)c2ccc(O)cc2)cc1. The zero-order valence-corrected chi connectivity index (χ0v) is 10.8. The van der Waals surface area contributed by atoms with E-state index in [0.29, 0.717) is 23.7 Å². The number of phenols is 1. The van der Waals surface area contributed by atoms with E-state index >= 15 is 0 Å². The summed E-state index contributed by atoms with van der Waals surface area (Å²) in [7, 11) is 0. The van der Waals surface area contributed by atoms with Gasteiger partial charge in [-0.25, -0.2) is 4.79 Å². The van der Waals surface area contributed by atoms with Crippen molar-refractivity contribution in [2.24, 2.45) is 0 Å². The molecular weight excluding hydrogens is 256 g/mol. The molecule has 0 saturated carbocycles. The highest BCUT2D eigenvalue weighted by atomic mass is 16.5. The van der Waals surface area contributed by atoms with Gasteiger partial charge in [0, 0.05) is 0 Å². The van der Waals surface area contributed by atoms with E-state index in [0.717, 1.165) is 0 Å². The molecule has 0 heterocycles. The van der Waals surface area contributed by atoms with Crippen LogP contribution in [0.15, 0.2) is 61.2 Å². The molecule has 0 aromatic heterocycles. The van der Waals surface area contributed by atoms with Gasteiger partial charge in [0.25, 0.3) is 0 Å². The van der Waals surface area contributed by atoms with Crippen molar-refractivity contribution in [3.8, 4) is 17.2 Å². The minimum atomic E-state index is -0.482. The number of ether oxygens (including phenoxy) is 2. The molecule has 0 bridgehead atoms. The Kier molecular flexibility index (Phi) is 4.39. The van der Waals surface area contributed by atoms with E-state index in [1.165, 1.54) is 24.3 Å². The topological polar surface area (TPSA) is 55.8 Å². The summed E-state index contributed by atoms with van der Waals surface area (Å²) in [5.41, 5.74) is 0.370. The van der Waals surface area contributed by atoms with Crippen LogP contribution < -0.4 is 9.47 Å². The van der Waals surface area contributed by atoms with E-state index in [9.17, 15) is 4.79 Å². The van der Waals surface area contributed by atoms with Crippen molar-refractivity contribution < 1.29 is 19.4 Å².